The maximum atomic E-state index is 12.5. The predicted molar refractivity (Wildman–Crippen MR) is 118 cm³/mol. The topological polar surface area (TPSA) is 86.8 Å². The summed E-state index contributed by atoms with van der Waals surface area (Å²) in [6, 6.07) is 2.52. The fourth-order valence-corrected chi connectivity index (χ4v) is 6.00. The van der Waals surface area contributed by atoms with Crippen molar-refractivity contribution in [1.29, 1.82) is 0 Å². The Kier molecular flexibility index (Phi) is 5.82. The molecular formula is C25H31NO7. The second kappa shape index (κ2) is 8.65. The molecule has 2 bridgehead atoms. The first-order chi connectivity index (χ1) is 16.0. The molecule has 2 heterocycles. The number of fused-ring (bicyclic) bond motifs is 3. The van der Waals surface area contributed by atoms with Gasteiger partial charge in [-0.15, -0.1) is 0 Å². The van der Waals surface area contributed by atoms with Crippen LogP contribution in [0.15, 0.2) is 18.2 Å². The number of hydrogen-bond donors (Lipinski definition) is 0. The largest absolute Gasteiger partial charge is 0.469 e. The molecule has 1 fully saturated rings. The quantitative estimate of drug-likeness (QED) is 0.259. The highest BCUT2D eigenvalue weighted by Gasteiger charge is 2.56. The summed E-state index contributed by atoms with van der Waals surface area (Å²) in [5.74, 6) is 2.24. The number of ether oxygens (including phenoxy) is 5. The van der Waals surface area contributed by atoms with Crippen LogP contribution in [0, 0.1) is 5.92 Å². The van der Waals surface area contributed by atoms with E-state index in [1.165, 1.54) is 18.2 Å². The van der Waals surface area contributed by atoms with Crippen LogP contribution < -0.4 is 9.47 Å². The van der Waals surface area contributed by atoms with Crippen LogP contribution in [0.5, 0.6) is 17.2 Å². The summed E-state index contributed by atoms with van der Waals surface area (Å²) in [5, 5.41) is 0. The SMILES string of the molecule is COCOc1cc2c(c3c1O3)C[C@@H]1[C@@H]3C=C[C@H](OC(=O)CCCC(=O)OC)C[C@]23CCN1C. The van der Waals surface area contributed by atoms with E-state index >= 15 is 0 Å². The lowest BCUT2D eigenvalue weighted by Gasteiger charge is -2.57. The number of hydrogen-bond acceptors (Lipinski definition) is 8. The molecular weight excluding hydrogens is 426 g/mol. The number of likely N-dealkylation sites (tertiary alicyclic amines) is 1. The Hall–Kier alpha value is -2.58. The zero-order valence-corrected chi connectivity index (χ0v) is 19.4. The van der Waals surface area contributed by atoms with Crippen LogP contribution in [0.25, 0.3) is 0 Å². The molecule has 1 aromatic rings. The van der Waals surface area contributed by atoms with Crippen molar-refractivity contribution < 1.29 is 33.3 Å². The number of likely N-dealkylation sites (N-methyl/N-ethyl adjacent to an activating group) is 1. The molecule has 8 heteroatoms. The minimum absolute atomic E-state index is 0.136. The Morgan fingerprint density at radius 2 is 2.00 bits per heavy atom. The van der Waals surface area contributed by atoms with Gasteiger partial charge < -0.3 is 28.6 Å². The summed E-state index contributed by atoms with van der Waals surface area (Å²) < 4.78 is 27.3. The lowest BCUT2D eigenvalue weighted by atomic mass is 9.53. The Balaban J connectivity index is 1.39. The third kappa shape index (κ3) is 3.89. The second-order valence-electron chi connectivity index (χ2n) is 9.44. The van der Waals surface area contributed by atoms with Gasteiger partial charge in [0.05, 0.1) is 7.11 Å². The van der Waals surface area contributed by atoms with E-state index in [9.17, 15) is 9.59 Å². The highest BCUT2D eigenvalue weighted by Crippen LogP contribution is 2.63. The summed E-state index contributed by atoms with van der Waals surface area (Å²) in [5.41, 5.74) is 2.39. The predicted octanol–water partition coefficient (Wildman–Crippen LogP) is 3.10. The second-order valence-corrected chi connectivity index (χ2v) is 9.44. The molecule has 8 nitrogen and oxygen atoms in total. The van der Waals surface area contributed by atoms with Gasteiger partial charge in [-0.25, -0.2) is 0 Å². The summed E-state index contributed by atoms with van der Waals surface area (Å²) in [7, 11) is 5.14. The summed E-state index contributed by atoms with van der Waals surface area (Å²) >= 11 is 0. The number of methoxy groups -OCH3 is 2. The number of esters is 2. The van der Waals surface area contributed by atoms with Crippen LogP contribution in [0.3, 0.4) is 0 Å². The van der Waals surface area contributed by atoms with E-state index in [0.29, 0.717) is 18.4 Å². The van der Waals surface area contributed by atoms with Gasteiger partial charge in [-0.3, -0.25) is 9.59 Å². The molecule has 0 amide bonds. The zero-order valence-electron chi connectivity index (χ0n) is 19.4. The maximum Gasteiger partial charge on any atom is 0.306 e. The fourth-order valence-electron chi connectivity index (χ4n) is 6.00. The first-order valence-corrected chi connectivity index (χ1v) is 11.6. The van der Waals surface area contributed by atoms with Crippen molar-refractivity contribution in [3.8, 4) is 17.2 Å². The Bertz CT molecular complexity index is 989. The molecule has 1 aromatic carbocycles. The molecule has 0 saturated carbocycles. The van der Waals surface area contributed by atoms with Crippen LogP contribution in [-0.2, 0) is 35.6 Å². The number of nitrogens with zero attached hydrogens (tertiary/aromatic N) is 1. The first kappa shape index (κ1) is 22.2. The first-order valence-electron chi connectivity index (χ1n) is 11.6. The highest BCUT2D eigenvalue weighted by molar-refractivity contribution is 5.73. The van der Waals surface area contributed by atoms with Gasteiger partial charge in [0.2, 0.25) is 5.75 Å². The smallest absolute Gasteiger partial charge is 0.306 e. The van der Waals surface area contributed by atoms with Crippen molar-refractivity contribution in [3.63, 3.8) is 0 Å². The number of piperidine rings is 1. The molecule has 4 atom stereocenters. The molecule has 0 aromatic heterocycles. The Labute approximate surface area is 193 Å². The molecule has 5 rings (SSSR count). The van der Waals surface area contributed by atoms with Crippen molar-refractivity contribution >= 4 is 11.9 Å². The minimum atomic E-state index is -0.312. The van der Waals surface area contributed by atoms with E-state index in [-0.39, 0.29) is 43.1 Å². The van der Waals surface area contributed by atoms with Crippen molar-refractivity contribution in [2.45, 2.75) is 56.1 Å². The number of benzene rings is 1. The van der Waals surface area contributed by atoms with Crippen molar-refractivity contribution in [2.75, 3.05) is 34.6 Å². The van der Waals surface area contributed by atoms with E-state index in [1.54, 1.807) is 7.11 Å². The molecule has 0 spiro atoms. The number of rotatable bonds is 8. The van der Waals surface area contributed by atoms with Gasteiger partial charge in [0.25, 0.3) is 0 Å². The summed E-state index contributed by atoms with van der Waals surface area (Å²) in [6.45, 7) is 1.16. The normalized spacial score (nSPS) is 28.6. The monoisotopic (exact) mass is 457 g/mol. The number of carbonyl (C=O) groups is 2. The van der Waals surface area contributed by atoms with E-state index in [0.717, 1.165) is 43.1 Å². The van der Waals surface area contributed by atoms with Gasteiger partial charge in [-0.05, 0) is 57.0 Å². The molecule has 4 aliphatic rings. The van der Waals surface area contributed by atoms with Crippen LogP contribution in [-0.4, -0.2) is 63.6 Å². The lowest BCUT2D eigenvalue weighted by molar-refractivity contribution is -0.149. The standard InChI is InChI=1S/C25H31NO7/c1-26-10-9-25-13-15(32-22(28)6-4-5-21(27)30-3)7-8-17(25)19(26)11-16-18(25)12-20(31-14-29-2)24-23(16)33-24/h7-8,12,15,17,19H,4-6,9-11,13-14H2,1-3H3/t15-,17-,19+,25-/m0/s1. The zero-order chi connectivity index (χ0) is 23.2. The van der Waals surface area contributed by atoms with Gasteiger partial charge >= 0.3 is 11.9 Å². The average Bonchev–Trinajstić information content (AvgIpc) is 3.61. The van der Waals surface area contributed by atoms with Crippen molar-refractivity contribution in [1.82, 2.24) is 4.90 Å². The van der Waals surface area contributed by atoms with Gasteiger partial charge in [-0.2, -0.15) is 0 Å². The molecule has 2 aliphatic carbocycles. The molecule has 2 aliphatic heterocycles. The third-order valence-corrected chi connectivity index (χ3v) is 7.65. The number of carbonyl (C=O) groups excluding carboxylic acids is 2. The molecule has 178 valence electrons. The van der Waals surface area contributed by atoms with Gasteiger partial charge in [0, 0.05) is 42.9 Å². The molecule has 0 unspecified atom stereocenters. The highest BCUT2D eigenvalue weighted by atomic mass is 16.7. The fraction of sp³-hybridized carbons (Fsp3) is 0.600. The summed E-state index contributed by atoms with van der Waals surface area (Å²) in [4.78, 5) is 26.2. The maximum absolute atomic E-state index is 12.5. The Morgan fingerprint density at radius 3 is 2.79 bits per heavy atom. The van der Waals surface area contributed by atoms with Gasteiger partial charge in [0.15, 0.2) is 18.3 Å². The van der Waals surface area contributed by atoms with Crippen molar-refractivity contribution in [3.05, 3.63) is 29.3 Å². The van der Waals surface area contributed by atoms with E-state index in [1.807, 2.05) is 6.08 Å². The minimum Gasteiger partial charge on any atom is -0.469 e. The molecule has 0 radical (unpaired) electrons. The van der Waals surface area contributed by atoms with Crippen LogP contribution in [0.2, 0.25) is 0 Å². The van der Waals surface area contributed by atoms with Gasteiger partial charge in [-0.1, -0.05) is 6.08 Å². The Morgan fingerprint density at radius 1 is 1.18 bits per heavy atom. The van der Waals surface area contributed by atoms with E-state index < -0.39 is 0 Å². The average molecular weight is 458 g/mol. The van der Waals surface area contributed by atoms with Crippen LogP contribution >= 0.6 is 0 Å². The van der Waals surface area contributed by atoms with Gasteiger partial charge in [0.1, 0.15) is 6.10 Å². The summed E-state index contributed by atoms with van der Waals surface area (Å²) in [6.07, 6.45) is 7.49. The molecule has 0 N–H and O–H groups in total. The molecule has 33 heavy (non-hydrogen) atoms. The van der Waals surface area contributed by atoms with E-state index in [2.05, 4.69) is 28.8 Å². The van der Waals surface area contributed by atoms with Crippen molar-refractivity contribution in [2.24, 2.45) is 5.92 Å². The van der Waals surface area contributed by atoms with Crippen LogP contribution in [0.1, 0.15) is 43.2 Å². The van der Waals surface area contributed by atoms with E-state index in [4.69, 9.17) is 18.9 Å². The lowest BCUT2D eigenvalue weighted by Crippen LogP contribution is -2.60. The van der Waals surface area contributed by atoms with Crippen LogP contribution in [0.4, 0.5) is 0 Å². The molecule has 1 saturated heterocycles. The third-order valence-electron chi connectivity index (χ3n) is 7.65.